The Morgan fingerprint density at radius 2 is 2.05 bits per heavy atom. The van der Waals surface area contributed by atoms with Crippen LogP contribution in [-0.4, -0.2) is 24.6 Å². The van der Waals surface area contributed by atoms with Crippen LogP contribution in [-0.2, 0) is 14.3 Å². The van der Waals surface area contributed by atoms with Crippen molar-refractivity contribution in [1.82, 2.24) is 0 Å². The molecule has 2 aliphatic carbocycles. The molecule has 22 heavy (non-hydrogen) atoms. The summed E-state index contributed by atoms with van der Waals surface area (Å²) in [6.45, 7) is 1.85. The van der Waals surface area contributed by atoms with Gasteiger partial charge in [-0.05, 0) is 31.6 Å². The van der Waals surface area contributed by atoms with Crippen LogP contribution in [0.25, 0.3) is 0 Å². The second kappa shape index (κ2) is 6.81. The molecule has 2 rings (SSSR count). The molecule has 0 saturated heterocycles. The number of hydrogen-bond donors (Lipinski definition) is 0. The van der Waals surface area contributed by atoms with Gasteiger partial charge >= 0.3 is 5.97 Å². The monoisotopic (exact) mass is 316 g/mol. The number of Topliss-reactive ketones (excluding diaryl/α,β-unsaturated/α-hetero) is 1. The van der Waals surface area contributed by atoms with E-state index in [4.69, 9.17) is 4.74 Å². The van der Waals surface area contributed by atoms with Gasteiger partial charge in [0.2, 0.25) is 0 Å². The lowest BCUT2D eigenvalue weighted by atomic mass is 9.67. The van der Waals surface area contributed by atoms with E-state index in [1.807, 2.05) is 18.4 Å². The van der Waals surface area contributed by atoms with Crippen molar-refractivity contribution < 1.29 is 14.3 Å². The van der Waals surface area contributed by atoms with Crippen molar-refractivity contribution in [2.24, 2.45) is 11.8 Å². The minimum Gasteiger partial charge on any atom is -0.462 e. The van der Waals surface area contributed by atoms with Gasteiger partial charge in [-0.15, -0.1) is 11.8 Å². The predicted molar refractivity (Wildman–Crippen MR) is 81.3 cm³/mol. The van der Waals surface area contributed by atoms with Crippen LogP contribution in [0.3, 0.4) is 0 Å². The van der Waals surface area contributed by atoms with Crippen molar-refractivity contribution >= 4 is 23.5 Å². The lowest BCUT2D eigenvalue weighted by Gasteiger charge is -2.37. The molecule has 0 N–H and O–H groups in total. The van der Waals surface area contributed by atoms with E-state index in [9.17, 15) is 20.1 Å². The van der Waals surface area contributed by atoms with Crippen LogP contribution >= 0.6 is 11.8 Å². The van der Waals surface area contributed by atoms with Gasteiger partial charge in [-0.1, -0.05) is 6.42 Å². The number of allylic oxidation sites excluding steroid dienone is 3. The predicted octanol–water partition coefficient (Wildman–Crippen LogP) is 2.51. The van der Waals surface area contributed by atoms with Gasteiger partial charge in [0.25, 0.3) is 0 Å². The molecule has 0 spiro atoms. The summed E-state index contributed by atoms with van der Waals surface area (Å²) in [5, 5.41) is 18.7. The van der Waals surface area contributed by atoms with Gasteiger partial charge in [0.05, 0.1) is 6.61 Å². The standard InChI is InChI=1S/C16H16N2O3S/c1-3-21-16(20)11(7-17)13-9-5-4-6-10(13)15(22-2)12(8-18)14(9)19/h9-10H,3-6H2,1-2H3. The Balaban J connectivity index is 2.66. The smallest absolute Gasteiger partial charge is 0.348 e. The molecule has 114 valence electrons. The molecule has 1 saturated carbocycles. The number of ketones is 1. The summed E-state index contributed by atoms with van der Waals surface area (Å²) in [5.41, 5.74) is 0.682. The molecule has 2 bridgehead atoms. The Kier molecular flexibility index (Phi) is 5.05. The molecular formula is C16H16N2O3S. The first-order valence-electron chi connectivity index (χ1n) is 7.14. The summed E-state index contributed by atoms with van der Waals surface area (Å²) < 4.78 is 4.95. The van der Waals surface area contributed by atoms with Crippen LogP contribution in [0.1, 0.15) is 26.2 Å². The van der Waals surface area contributed by atoms with Gasteiger partial charge in [0, 0.05) is 16.7 Å². The normalized spacial score (nSPS) is 26.1. The van der Waals surface area contributed by atoms with Crippen molar-refractivity contribution in [3.8, 4) is 12.1 Å². The highest BCUT2D eigenvalue weighted by molar-refractivity contribution is 8.02. The van der Waals surface area contributed by atoms with Gasteiger partial charge in [0.15, 0.2) is 5.78 Å². The summed E-state index contributed by atoms with van der Waals surface area (Å²) in [6, 6.07) is 3.92. The van der Waals surface area contributed by atoms with Crippen molar-refractivity contribution in [3.63, 3.8) is 0 Å². The Bertz CT molecular complexity index is 664. The molecule has 0 radical (unpaired) electrons. The first kappa shape index (κ1) is 16.3. The highest BCUT2D eigenvalue weighted by Gasteiger charge is 2.44. The van der Waals surface area contributed by atoms with E-state index in [0.717, 1.165) is 12.8 Å². The maximum Gasteiger partial charge on any atom is 0.348 e. The van der Waals surface area contributed by atoms with E-state index >= 15 is 0 Å². The lowest BCUT2D eigenvalue weighted by molar-refractivity contribution is -0.138. The van der Waals surface area contributed by atoms with Gasteiger partial charge < -0.3 is 4.74 Å². The Morgan fingerprint density at radius 1 is 1.36 bits per heavy atom. The van der Waals surface area contributed by atoms with Crippen molar-refractivity contribution in [3.05, 3.63) is 21.6 Å². The third kappa shape index (κ3) is 2.55. The van der Waals surface area contributed by atoms with E-state index in [-0.39, 0.29) is 29.5 Å². The van der Waals surface area contributed by atoms with Gasteiger partial charge in [-0.3, -0.25) is 4.79 Å². The molecule has 5 nitrogen and oxygen atoms in total. The number of nitriles is 2. The van der Waals surface area contributed by atoms with E-state index in [0.29, 0.717) is 16.9 Å². The summed E-state index contributed by atoms with van der Waals surface area (Å²) >= 11 is 1.35. The molecule has 0 heterocycles. The minimum absolute atomic E-state index is 0.0616. The zero-order valence-electron chi connectivity index (χ0n) is 12.5. The quantitative estimate of drug-likeness (QED) is 0.451. The average Bonchev–Trinajstić information content (AvgIpc) is 2.52. The average molecular weight is 316 g/mol. The number of ether oxygens (including phenoxy) is 1. The minimum atomic E-state index is -0.675. The SMILES string of the molecule is CCOC(=O)C(C#N)=C1C2CCCC1C(SC)=C(C#N)C2=O. The lowest BCUT2D eigenvalue weighted by Crippen LogP contribution is -2.35. The van der Waals surface area contributed by atoms with Crippen LogP contribution in [0, 0.1) is 34.5 Å². The number of carbonyl (C=O) groups is 2. The molecule has 2 unspecified atom stereocenters. The van der Waals surface area contributed by atoms with Crippen LogP contribution in [0.4, 0.5) is 0 Å². The maximum absolute atomic E-state index is 12.6. The molecule has 6 heteroatoms. The Hall–Kier alpha value is -2.05. The second-order valence-corrected chi connectivity index (χ2v) is 5.97. The number of hydrogen-bond acceptors (Lipinski definition) is 6. The number of esters is 1. The summed E-state index contributed by atoms with van der Waals surface area (Å²) in [6.07, 6.45) is 3.96. The summed E-state index contributed by atoms with van der Waals surface area (Å²) in [7, 11) is 0. The van der Waals surface area contributed by atoms with Crippen LogP contribution in [0.2, 0.25) is 0 Å². The molecule has 2 aliphatic rings. The van der Waals surface area contributed by atoms with E-state index in [2.05, 4.69) is 0 Å². The fourth-order valence-electron chi connectivity index (χ4n) is 3.23. The first-order chi connectivity index (χ1) is 10.6. The number of fused-ring (bicyclic) bond motifs is 2. The highest BCUT2D eigenvalue weighted by atomic mass is 32.2. The molecule has 0 amide bonds. The molecule has 0 aromatic carbocycles. The van der Waals surface area contributed by atoms with E-state index in [1.165, 1.54) is 11.8 Å². The van der Waals surface area contributed by atoms with Gasteiger partial charge in [-0.25, -0.2) is 4.79 Å². The van der Waals surface area contributed by atoms with E-state index in [1.54, 1.807) is 6.92 Å². The zero-order valence-corrected chi connectivity index (χ0v) is 13.3. The van der Waals surface area contributed by atoms with Crippen LogP contribution < -0.4 is 0 Å². The molecular weight excluding hydrogens is 300 g/mol. The fraction of sp³-hybridized carbons (Fsp3) is 0.500. The third-order valence-electron chi connectivity index (χ3n) is 4.07. The van der Waals surface area contributed by atoms with E-state index < -0.39 is 11.9 Å². The Morgan fingerprint density at radius 3 is 2.59 bits per heavy atom. The zero-order chi connectivity index (χ0) is 16.3. The third-order valence-corrected chi connectivity index (χ3v) is 5.00. The van der Waals surface area contributed by atoms with Crippen molar-refractivity contribution in [1.29, 1.82) is 10.5 Å². The highest BCUT2D eigenvalue weighted by Crippen LogP contribution is 2.49. The molecule has 2 atom stereocenters. The fourth-order valence-corrected chi connectivity index (χ4v) is 4.11. The maximum atomic E-state index is 12.6. The van der Waals surface area contributed by atoms with Crippen molar-refractivity contribution in [2.45, 2.75) is 26.2 Å². The van der Waals surface area contributed by atoms with Crippen LogP contribution in [0.5, 0.6) is 0 Å². The van der Waals surface area contributed by atoms with Gasteiger partial charge in [0.1, 0.15) is 23.3 Å². The molecule has 0 aliphatic heterocycles. The molecule has 1 fully saturated rings. The van der Waals surface area contributed by atoms with Crippen LogP contribution in [0.15, 0.2) is 21.6 Å². The first-order valence-corrected chi connectivity index (χ1v) is 8.36. The second-order valence-electron chi connectivity index (χ2n) is 5.12. The molecule has 0 aromatic heterocycles. The summed E-state index contributed by atoms with van der Waals surface area (Å²) in [5.74, 6) is -1.68. The number of rotatable bonds is 3. The summed E-state index contributed by atoms with van der Waals surface area (Å²) in [4.78, 5) is 25.3. The topological polar surface area (TPSA) is 90.9 Å². The number of nitrogens with zero attached hydrogens (tertiary/aromatic N) is 2. The van der Waals surface area contributed by atoms with Crippen molar-refractivity contribution in [2.75, 3.05) is 12.9 Å². The van der Waals surface area contributed by atoms with Gasteiger partial charge in [-0.2, -0.15) is 10.5 Å². The molecule has 0 aromatic rings. The number of thioether (sulfide) groups is 1. The Labute approximate surface area is 133 Å². The number of carbonyl (C=O) groups excluding carboxylic acids is 2. The largest absolute Gasteiger partial charge is 0.462 e.